The molecule has 0 atom stereocenters. The molecule has 1 heterocycles. The molecule has 0 amide bonds. The largest absolute Gasteiger partial charge is 0.327 e. The van der Waals surface area contributed by atoms with Crippen molar-refractivity contribution in [3.63, 3.8) is 0 Å². The van der Waals surface area contributed by atoms with Gasteiger partial charge in [-0.25, -0.2) is 4.98 Å². The summed E-state index contributed by atoms with van der Waals surface area (Å²) in [5.41, 5.74) is 1.22. The summed E-state index contributed by atoms with van der Waals surface area (Å²) >= 11 is 1.80. The molecule has 0 aliphatic heterocycles. The SMILES string of the molecule is Cc1cnc(SC(C)C)n1C. The Morgan fingerprint density at radius 3 is 2.55 bits per heavy atom. The van der Waals surface area contributed by atoms with Crippen LogP contribution in [-0.4, -0.2) is 14.8 Å². The van der Waals surface area contributed by atoms with Crippen LogP contribution in [0.2, 0.25) is 0 Å². The molecule has 0 bridgehead atoms. The van der Waals surface area contributed by atoms with Crippen LogP contribution >= 0.6 is 11.8 Å². The predicted molar refractivity (Wildman–Crippen MR) is 48.9 cm³/mol. The number of imidazole rings is 1. The van der Waals surface area contributed by atoms with Crippen LogP contribution in [0.15, 0.2) is 11.4 Å². The summed E-state index contributed by atoms with van der Waals surface area (Å²) in [5, 5.41) is 1.72. The number of nitrogens with zero attached hydrogens (tertiary/aromatic N) is 2. The molecule has 0 spiro atoms. The highest BCUT2D eigenvalue weighted by Crippen LogP contribution is 2.20. The van der Waals surface area contributed by atoms with Crippen LogP contribution in [0.25, 0.3) is 0 Å². The third-order valence-corrected chi connectivity index (χ3v) is 2.58. The fourth-order valence-electron chi connectivity index (χ4n) is 0.793. The summed E-state index contributed by atoms with van der Waals surface area (Å²) in [4.78, 5) is 4.28. The summed E-state index contributed by atoms with van der Waals surface area (Å²) in [5.74, 6) is 0. The molecule has 0 aliphatic carbocycles. The molecule has 2 nitrogen and oxygen atoms in total. The van der Waals surface area contributed by atoms with Gasteiger partial charge in [0.15, 0.2) is 5.16 Å². The Morgan fingerprint density at radius 1 is 1.55 bits per heavy atom. The molecule has 1 aromatic heterocycles. The molecule has 1 aromatic rings. The van der Waals surface area contributed by atoms with Crippen LogP contribution in [-0.2, 0) is 7.05 Å². The van der Waals surface area contributed by atoms with Crippen molar-refractivity contribution in [1.82, 2.24) is 9.55 Å². The highest BCUT2D eigenvalue weighted by Gasteiger charge is 2.04. The quantitative estimate of drug-likeness (QED) is 0.633. The number of aromatic nitrogens is 2. The zero-order chi connectivity index (χ0) is 8.43. The van der Waals surface area contributed by atoms with E-state index in [1.165, 1.54) is 5.69 Å². The highest BCUT2D eigenvalue weighted by molar-refractivity contribution is 7.99. The molecule has 0 saturated carbocycles. The molecule has 62 valence electrons. The minimum atomic E-state index is 0.607. The number of aryl methyl sites for hydroxylation is 1. The topological polar surface area (TPSA) is 17.8 Å². The second-order valence-electron chi connectivity index (χ2n) is 2.91. The van der Waals surface area contributed by atoms with Crippen LogP contribution < -0.4 is 0 Å². The van der Waals surface area contributed by atoms with Gasteiger partial charge in [0.25, 0.3) is 0 Å². The van der Waals surface area contributed by atoms with E-state index in [4.69, 9.17) is 0 Å². The molecule has 0 radical (unpaired) electrons. The third-order valence-electron chi connectivity index (χ3n) is 1.52. The Kier molecular flexibility index (Phi) is 2.60. The van der Waals surface area contributed by atoms with E-state index in [9.17, 15) is 0 Å². The van der Waals surface area contributed by atoms with Crippen molar-refractivity contribution in [2.45, 2.75) is 31.2 Å². The average molecular weight is 170 g/mol. The maximum atomic E-state index is 4.28. The van der Waals surface area contributed by atoms with Crippen molar-refractivity contribution in [3.8, 4) is 0 Å². The summed E-state index contributed by atoms with van der Waals surface area (Å²) in [7, 11) is 2.05. The van der Waals surface area contributed by atoms with Crippen molar-refractivity contribution in [2.75, 3.05) is 0 Å². The Morgan fingerprint density at radius 2 is 2.18 bits per heavy atom. The summed E-state index contributed by atoms with van der Waals surface area (Å²) in [6.07, 6.45) is 1.91. The molecule has 0 unspecified atom stereocenters. The van der Waals surface area contributed by atoms with Crippen LogP contribution in [0.3, 0.4) is 0 Å². The second kappa shape index (κ2) is 3.30. The van der Waals surface area contributed by atoms with Crippen molar-refractivity contribution in [1.29, 1.82) is 0 Å². The van der Waals surface area contributed by atoms with E-state index < -0.39 is 0 Å². The molecule has 0 aromatic carbocycles. The van der Waals surface area contributed by atoms with Crippen molar-refractivity contribution < 1.29 is 0 Å². The van der Waals surface area contributed by atoms with Gasteiger partial charge in [0, 0.05) is 24.2 Å². The maximum Gasteiger partial charge on any atom is 0.168 e. The number of rotatable bonds is 2. The van der Waals surface area contributed by atoms with Gasteiger partial charge in [0.05, 0.1) is 0 Å². The standard InChI is InChI=1S/C8H14N2S/c1-6(2)11-8-9-5-7(3)10(8)4/h5-6H,1-4H3. The normalized spacial score (nSPS) is 11.0. The van der Waals surface area contributed by atoms with Crippen LogP contribution in [0.4, 0.5) is 0 Å². The Balaban J connectivity index is 2.79. The van der Waals surface area contributed by atoms with Gasteiger partial charge in [-0.1, -0.05) is 25.6 Å². The molecule has 11 heavy (non-hydrogen) atoms. The first-order chi connectivity index (χ1) is 5.11. The first kappa shape index (κ1) is 8.65. The van der Waals surface area contributed by atoms with Gasteiger partial charge in [-0.05, 0) is 6.92 Å². The Hall–Kier alpha value is -0.440. The van der Waals surface area contributed by atoms with Gasteiger partial charge in [0.2, 0.25) is 0 Å². The summed E-state index contributed by atoms with van der Waals surface area (Å²) in [6, 6.07) is 0. The number of thioether (sulfide) groups is 1. The molecule has 0 fully saturated rings. The minimum Gasteiger partial charge on any atom is -0.327 e. The lowest BCUT2D eigenvalue weighted by Crippen LogP contribution is -1.96. The molecule has 0 saturated heterocycles. The van der Waals surface area contributed by atoms with Crippen molar-refractivity contribution >= 4 is 11.8 Å². The van der Waals surface area contributed by atoms with Crippen LogP contribution in [0.5, 0.6) is 0 Å². The van der Waals surface area contributed by atoms with Gasteiger partial charge < -0.3 is 4.57 Å². The van der Waals surface area contributed by atoms with E-state index in [1.54, 1.807) is 11.8 Å². The monoisotopic (exact) mass is 170 g/mol. The minimum absolute atomic E-state index is 0.607. The van der Waals surface area contributed by atoms with E-state index in [2.05, 4.69) is 30.3 Å². The van der Waals surface area contributed by atoms with E-state index in [1.807, 2.05) is 13.2 Å². The fourth-order valence-corrected chi connectivity index (χ4v) is 1.63. The Labute approximate surface area is 72.0 Å². The van der Waals surface area contributed by atoms with Gasteiger partial charge in [-0.15, -0.1) is 0 Å². The van der Waals surface area contributed by atoms with E-state index in [0.29, 0.717) is 5.25 Å². The van der Waals surface area contributed by atoms with Gasteiger partial charge in [-0.2, -0.15) is 0 Å². The predicted octanol–water partition coefficient (Wildman–Crippen LogP) is 2.23. The molecule has 0 aliphatic rings. The van der Waals surface area contributed by atoms with Gasteiger partial charge in [0.1, 0.15) is 0 Å². The van der Waals surface area contributed by atoms with Gasteiger partial charge in [-0.3, -0.25) is 0 Å². The maximum absolute atomic E-state index is 4.28. The second-order valence-corrected chi connectivity index (χ2v) is 4.45. The zero-order valence-corrected chi connectivity index (χ0v) is 8.27. The van der Waals surface area contributed by atoms with Crippen LogP contribution in [0.1, 0.15) is 19.5 Å². The highest BCUT2D eigenvalue weighted by atomic mass is 32.2. The van der Waals surface area contributed by atoms with Crippen LogP contribution in [0, 0.1) is 6.92 Å². The number of hydrogen-bond acceptors (Lipinski definition) is 2. The molecule has 1 rings (SSSR count). The first-order valence-corrected chi connectivity index (χ1v) is 4.64. The molecular formula is C8H14N2S. The first-order valence-electron chi connectivity index (χ1n) is 3.76. The number of hydrogen-bond donors (Lipinski definition) is 0. The van der Waals surface area contributed by atoms with Crippen molar-refractivity contribution in [3.05, 3.63) is 11.9 Å². The summed E-state index contributed by atoms with van der Waals surface area (Å²) in [6.45, 7) is 6.42. The Bertz CT molecular complexity index is 240. The van der Waals surface area contributed by atoms with E-state index in [0.717, 1.165) is 5.16 Å². The smallest absolute Gasteiger partial charge is 0.168 e. The van der Waals surface area contributed by atoms with E-state index >= 15 is 0 Å². The third kappa shape index (κ3) is 1.99. The zero-order valence-electron chi connectivity index (χ0n) is 7.46. The lowest BCUT2D eigenvalue weighted by atomic mass is 10.5. The fraction of sp³-hybridized carbons (Fsp3) is 0.625. The van der Waals surface area contributed by atoms with E-state index in [-0.39, 0.29) is 0 Å². The van der Waals surface area contributed by atoms with Crippen molar-refractivity contribution in [2.24, 2.45) is 7.05 Å². The average Bonchev–Trinajstić information content (AvgIpc) is 2.18. The van der Waals surface area contributed by atoms with Gasteiger partial charge >= 0.3 is 0 Å². The molecule has 3 heteroatoms. The molecule has 0 N–H and O–H groups in total. The lowest BCUT2D eigenvalue weighted by Gasteiger charge is -2.04. The molecular weight excluding hydrogens is 156 g/mol. The summed E-state index contributed by atoms with van der Waals surface area (Å²) < 4.78 is 2.12. The lowest BCUT2D eigenvalue weighted by molar-refractivity contribution is 0.763.